The molecule has 2 aliphatic heterocycles. The number of carbonyl (C=O) groups is 2. The van der Waals surface area contributed by atoms with Crippen molar-refractivity contribution in [1.82, 2.24) is 9.80 Å². The summed E-state index contributed by atoms with van der Waals surface area (Å²) in [6, 6.07) is 16.7. The van der Waals surface area contributed by atoms with Gasteiger partial charge in [-0.3, -0.25) is 19.4 Å². The molecule has 0 aliphatic carbocycles. The fourth-order valence-electron chi connectivity index (χ4n) is 5.55. The molecule has 2 amide bonds. The number of ether oxygens (including phenoxy) is 2. The average Bonchev–Trinajstić information content (AvgIpc) is 2.94. The number of hydrogen-bond acceptors (Lipinski definition) is 6. The smallest absolute Gasteiger partial charge is 0.265 e. The number of hydrogen-bond donors (Lipinski definition) is 0. The number of amides is 2. The SMILES string of the molecule is COc1cc(N2c3ccc(C)cc3C(C)(C)c3cc(C)ccc32)c(OC)cc1C=C1C(=O)N(C)C(=S)N(C)C1=O. The Hall–Kier alpha value is -4.17. The lowest BCUT2D eigenvalue weighted by atomic mass is 9.72. The molecule has 2 heterocycles. The Labute approximate surface area is 240 Å². The maximum atomic E-state index is 13.0. The molecule has 0 radical (unpaired) electrons. The van der Waals surface area contributed by atoms with Crippen molar-refractivity contribution in [3.05, 3.63) is 81.9 Å². The molecule has 40 heavy (non-hydrogen) atoms. The standard InChI is InChI=1S/C32H33N3O4S/c1-18-9-11-24-22(13-18)32(3,4)23-14-19(2)10-12-25(23)35(24)26-17-27(38-7)20(16-28(26)39-8)15-21-29(36)33(5)31(40)34(6)30(21)37/h9-17H,1-8H3. The molecule has 1 saturated heterocycles. The van der Waals surface area contributed by atoms with Crippen LogP contribution in [0.15, 0.2) is 54.1 Å². The minimum atomic E-state index is -0.468. The highest BCUT2D eigenvalue weighted by atomic mass is 32.1. The third-order valence-corrected chi connectivity index (χ3v) is 8.40. The van der Waals surface area contributed by atoms with Crippen LogP contribution >= 0.6 is 12.2 Å². The van der Waals surface area contributed by atoms with Gasteiger partial charge < -0.3 is 14.4 Å². The molecule has 0 bridgehead atoms. The van der Waals surface area contributed by atoms with Gasteiger partial charge >= 0.3 is 0 Å². The Balaban J connectivity index is 1.74. The van der Waals surface area contributed by atoms with Crippen LogP contribution < -0.4 is 14.4 Å². The topological polar surface area (TPSA) is 62.3 Å². The first-order valence-corrected chi connectivity index (χ1v) is 13.4. The number of likely N-dealkylation sites (N-methyl/N-ethyl adjacent to an activating group) is 2. The number of anilines is 3. The van der Waals surface area contributed by atoms with Crippen LogP contribution in [0.2, 0.25) is 0 Å². The Morgan fingerprint density at radius 2 is 1.25 bits per heavy atom. The second-order valence-electron chi connectivity index (χ2n) is 10.8. The fourth-order valence-corrected chi connectivity index (χ4v) is 5.71. The summed E-state index contributed by atoms with van der Waals surface area (Å²) in [4.78, 5) is 30.8. The highest BCUT2D eigenvalue weighted by molar-refractivity contribution is 7.80. The molecule has 7 nitrogen and oxygen atoms in total. The number of methoxy groups -OCH3 is 2. The van der Waals surface area contributed by atoms with Gasteiger partial charge in [-0.25, -0.2) is 0 Å². The van der Waals surface area contributed by atoms with E-state index in [1.807, 2.05) is 6.07 Å². The molecule has 8 heteroatoms. The van der Waals surface area contributed by atoms with Crippen LogP contribution in [0.5, 0.6) is 11.5 Å². The maximum absolute atomic E-state index is 13.0. The van der Waals surface area contributed by atoms with Crippen molar-refractivity contribution in [2.75, 3.05) is 33.2 Å². The highest BCUT2D eigenvalue weighted by Gasteiger charge is 2.39. The van der Waals surface area contributed by atoms with Crippen molar-refractivity contribution in [2.24, 2.45) is 0 Å². The third kappa shape index (κ3) is 4.14. The lowest BCUT2D eigenvalue weighted by Crippen LogP contribution is -2.52. The number of aryl methyl sites for hydroxylation is 2. The van der Waals surface area contributed by atoms with E-state index in [0.29, 0.717) is 17.1 Å². The van der Waals surface area contributed by atoms with Crippen molar-refractivity contribution >= 4 is 52.3 Å². The summed E-state index contributed by atoms with van der Waals surface area (Å²) in [5, 5.41) is 0.155. The van der Waals surface area contributed by atoms with Crippen molar-refractivity contribution in [3.8, 4) is 11.5 Å². The zero-order chi connectivity index (χ0) is 29.1. The summed E-state index contributed by atoms with van der Waals surface area (Å²) in [5.74, 6) is 0.128. The van der Waals surface area contributed by atoms with Crippen LogP contribution in [0.3, 0.4) is 0 Å². The van der Waals surface area contributed by atoms with E-state index in [0.717, 1.165) is 17.1 Å². The zero-order valence-corrected chi connectivity index (χ0v) is 24.9. The Morgan fingerprint density at radius 3 is 1.73 bits per heavy atom. The number of nitrogens with zero attached hydrogens (tertiary/aromatic N) is 3. The maximum Gasteiger partial charge on any atom is 0.265 e. The van der Waals surface area contributed by atoms with E-state index in [1.54, 1.807) is 40.5 Å². The summed E-state index contributed by atoms with van der Waals surface area (Å²) >= 11 is 5.23. The molecule has 1 fully saturated rings. The van der Waals surface area contributed by atoms with E-state index in [4.69, 9.17) is 21.7 Å². The van der Waals surface area contributed by atoms with Crippen molar-refractivity contribution in [2.45, 2.75) is 33.1 Å². The first kappa shape index (κ1) is 27.4. The van der Waals surface area contributed by atoms with Gasteiger partial charge in [0.05, 0.1) is 31.3 Å². The Kier molecular flexibility index (Phi) is 6.70. The number of fused-ring (bicyclic) bond motifs is 2. The summed E-state index contributed by atoms with van der Waals surface area (Å²) in [6.07, 6.45) is 1.54. The predicted octanol–water partition coefficient (Wildman–Crippen LogP) is 6.03. The zero-order valence-electron chi connectivity index (χ0n) is 24.1. The minimum Gasteiger partial charge on any atom is -0.496 e. The summed E-state index contributed by atoms with van der Waals surface area (Å²) in [7, 11) is 6.29. The van der Waals surface area contributed by atoms with Crippen LogP contribution in [0.25, 0.3) is 6.08 Å². The quantitative estimate of drug-likeness (QED) is 0.223. The van der Waals surface area contributed by atoms with Gasteiger partial charge in [-0.15, -0.1) is 0 Å². The molecule has 0 saturated carbocycles. The summed E-state index contributed by atoms with van der Waals surface area (Å²) < 4.78 is 11.7. The van der Waals surface area contributed by atoms with Gasteiger partial charge in [-0.1, -0.05) is 49.2 Å². The average molecular weight is 556 g/mol. The van der Waals surface area contributed by atoms with E-state index in [1.165, 1.54) is 32.1 Å². The lowest BCUT2D eigenvalue weighted by Gasteiger charge is -2.42. The fraction of sp³-hybridized carbons (Fsp3) is 0.281. The molecule has 0 aromatic heterocycles. The first-order chi connectivity index (χ1) is 18.9. The molecule has 0 spiro atoms. The molecule has 0 unspecified atom stereocenters. The van der Waals surface area contributed by atoms with Gasteiger partial charge in [0.25, 0.3) is 11.8 Å². The van der Waals surface area contributed by atoms with E-state index >= 15 is 0 Å². The summed E-state index contributed by atoms with van der Waals surface area (Å²) in [5.41, 5.74) is 7.98. The second kappa shape index (κ2) is 9.78. The van der Waals surface area contributed by atoms with E-state index in [2.05, 4.69) is 69.0 Å². The van der Waals surface area contributed by atoms with Crippen molar-refractivity contribution in [1.29, 1.82) is 0 Å². The van der Waals surface area contributed by atoms with Crippen LogP contribution in [-0.4, -0.2) is 55.0 Å². The largest absolute Gasteiger partial charge is 0.496 e. The van der Waals surface area contributed by atoms with Gasteiger partial charge in [0.2, 0.25) is 0 Å². The first-order valence-electron chi connectivity index (χ1n) is 13.0. The van der Waals surface area contributed by atoms with Gasteiger partial charge in [0.1, 0.15) is 17.1 Å². The number of rotatable bonds is 4. The van der Waals surface area contributed by atoms with Crippen LogP contribution in [0, 0.1) is 13.8 Å². The van der Waals surface area contributed by atoms with Crippen LogP contribution in [0.4, 0.5) is 17.1 Å². The number of thiocarbonyl (C=S) groups is 1. The van der Waals surface area contributed by atoms with Crippen LogP contribution in [0.1, 0.15) is 41.7 Å². The molecule has 3 aromatic carbocycles. The molecule has 5 rings (SSSR count). The molecule has 2 aliphatic rings. The second-order valence-corrected chi connectivity index (χ2v) is 11.2. The van der Waals surface area contributed by atoms with E-state index in [9.17, 15) is 9.59 Å². The van der Waals surface area contributed by atoms with Crippen LogP contribution in [-0.2, 0) is 15.0 Å². The van der Waals surface area contributed by atoms with Gasteiger partial charge in [0, 0.05) is 31.1 Å². The van der Waals surface area contributed by atoms with Gasteiger partial charge in [0.15, 0.2) is 5.11 Å². The van der Waals surface area contributed by atoms with E-state index in [-0.39, 0.29) is 16.1 Å². The monoisotopic (exact) mass is 555 g/mol. The minimum absolute atomic E-state index is 0.00642. The number of benzene rings is 3. The Morgan fingerprint density at radius 1 is 0.750 bits per heavy atom. The summed E-state index contributed by atoms with van der Waals surface area (Å²) in [6.45, 7) is 8.72. The van der Waals surface area contributed by atoms with Crippen molar-refractivity contribution < 1.29 is 19.1 Å². The molecule has 0 N–H and O–H groups in total. The molecular weight excluding hydrogens is 522 g/mol. The third-order valence-electron chi connectivity index (χ3n) is 7.85. The highest BCUT2D eigenvalue weighted by Crippen LogP contribution is 2.54. The van der Waals surface area contributed by atoms with Gasteiger partial charge in [-0.05, 0) is 61.5 Å². The van der Waals surface area contributed by atoms with Crippen molar-refractivity contribution in [3.63, 3.8) is 0 Å². The predicted molar refractivity (Wildman–Crippen MR) is 162 cm³/mol. The normalized spacial score (nSPS) is 16.1. The Bertz CT molecular complexity index is 1540. The number of carbonyl (C=O) groups excluding carboxylic acids is 2. The molecular formula is C32H33N3O4S. The molecule has 3 aromatic rings. The molecule has 206 valence electrons. The van der Waals surface area contributed by atoms with Gasteiger partial charge in [-0.2, -0.15) is 0 Å². The van der Waals surface area contributed by atoms with E-state index < -0.39 is 11.8 Å². The lowest BCUT2D eigenvalue weighted by molar-refractivity contribution is -0.132. The molecule has 0 atom stereocenters.